The quantitative estimate of drug-likeness (QED) is 0.715. The first-order valence-electron chi connectivity index (χ1n) is 6.79. The van der Waals surface area contributed by atoms with Crippen LogP contribution in [0.3, 0.4) is 0 Å². The van der Waals surface area contributed by atoms with Crippen molar-refractivity contribution in [2.24, 2.45) is 0 Å². The molecule has 2 aliphatic heterocycles. The second-order valence-corrected chi connectivity index (χ2v) is 5.26. The van der Waals surface area contributed by atoms with Crippen molar-refractivity contribution in [3.8, 4) is 0 Å². The number of nitrogens with zero attached hydrogens (tertiary/aromatic N) is 2. The van der Waals surface area contributed by atoms with E-state index in [4.69, 9.17) is 0 Å². The molecule has 0 aromatic carbocycles. The van der Waals surface area contributed by atoms with E-state index < -0.39 is 0 Å². The van der Waals surface area contributed by atoms with Crippen LogP contribution in [0.4, 0.5) is 0 Å². The van der Waals surface area contributed by atoms with Gasteiger partial charge in [0.05, 0.1) is 6.54 Å². The predicted octanol–water partition coefficient (Wildman–Crippen LogP) is 1.87. The first-order valence-corrected chi connectivity index (χ1v) is 6.79. The summed E-state index contributed by atoms with van der Waals surface area (Å²) in [6.07, 6.45) is 7.53. The number of amides is 1. The zero-order chi connectivity index (χ0) is 11.4. The summed E-state index contributed by atoms with van der Waals surface area (Å²) in [5.74, 6) is 0.355. The molecular formula is C13H24N2O. The molecule has 1 amide bonds. The van der Waals surface area contributed by atoms with Crippen molar-refractivity contribution in [1.29, 1.82) is 0 Å². The van der Waals surface area contributed by atoms with Gasteiger partial charge in [0.1, 0.15) is 0 Å². The van der Waals surface area contributed by atoms with E-state index in [0.29, 0.717) is 18.5 Å². The molecule has 3 nitrogen and oxygen atoms in total. The Bertz CT molecular complexity index is 236. The first-order chi connectivity index (χ1) is 7.77. The summed E-state index contributed by atoms with van der Waals surface area (Å²) in [5.41, 5.74) is 0. The summed E-state index contributed by atoms with van der Waals surface area (Å²) in [7, 11) is 0. The van der Waals surface area contributed by atoms with E-state index in [1.807, 2.05) is 0 Å². The van der Waals surface area contributed by atoms with E-state index in [0.717, 1.165) is 19.6 Å². The summed E-state index contributed by atoms with van der Waals surface area (Å²) in [6, 6.07) is 0.600. The van der Waals surface area contributed by atoms with Crippen LogP contribution >= 0.6 is 0 Å². The number of rotatable bonds is 2. The van der Waals surface area contributed by atoms with Gasteiger partial charge in [0, 0.05) is 19.1 Å². The Balaban J connectivity index is 1.80. The van der Waals surface area contributed by atoms with Crippen molar-refractivity contribution in [2.75, 3.05) is 26.2 Å². The molecule has 2 aliphatic rings. The Kier molecular flexibility index (Phi) is 4.22. The first kappa shape index (κ1) is 11.9. The highest BCUT2D eigenvalue weighted by Gasteiger charge is 2.23. The fourth-order valence-corrected chi connectivity index (χ4v) is 2.81. The summed E-state index contributed by atoms with van der Waals surface area (Å²) < 4.78 is 0. The van der Waals surface area contributed by atoms with Crippen LogP contribution in [0.1, 0.15) is 45.4 Å². The molecule has 1 unspecified atom stereocenters. The Labute approximate surface area is 98.8 Å². The molecule has 0 aromatic heterocycles. The van der Waals surface area contributed by atoms with E-state index in [-0.39, 0.29) is 0 Å². The summed E-state index contributed by atoms with van der Waals surface area (Å²) in [6.45, 7) is 5.99. The zero-order valence-electron chi connectivity index (χ0n) is 10.5. The minimum Gasteiger partial charge on any atom is -0.342 e. The van der Waals surface area contributed by atoms with Gasteiger partial charge >= 0.3 is 0 Å². The van der Waals surface area contributed by atoms with Crippen LogP contribution in [0.15, 0.2) is 0 Å². The molecule has 0 N–H and O–H groups in total. The van der Waals surface area contributed by atoms with Crippen molar-refractivity contribution in [3.63, 3.8) is 0 Å². The average molecular weight is 224 g/mol. The lowest BCUT2D eigenvalue weighted by molar-refractivity contribution is -0.134. The smallest absolute Gasteiger partial charge is 0.236 e. The van der Waals surface area contributed by atoms with Crippen molar-refractivity contribution in [2.45, 2.75) is 51.5 Å². The SMILES string of the molecule is CC1CCCCN1CC(=O)N1CCCCC1. The van der Waals surface area contributed by atoms with Crippen LogP contribution < -0.4 is 0 Å². The zero-order valence-corrected chi connectivity index (χ0v) is 10.5. The number of hydrogen-bond acceptors (Lipinski definition) is 2. The Morgan fingerprint density at radius 2 is 1.75 bits per heavy atom. The fourth-order valence-electron chi connectivity index (χ4n) is 2.81. The second kappa shape index (κ2) is 5.67. The molecule has 0 saturated carbocycles. The molecule has 16 heavy (non-hydrogen) atoms. The standard InChI is InChI=1S/C13H24N2O/c1-12-7-3-6-10-15(12)11-13(16)14-8-4-2-5-9-14/h12H,2-11H2,1H3. The van der Waals surface area contributed by atoms with Gasteiger partial charge in [-0.1, -0.05) is 6.42 Å². The van der Waals surface area contributed by atoms with Crippen molar-refractivity contribution >= 4 is 5.91 Å². The highest BCUT2D eigenvalue weighted by Crippen LogP contribution is 2.17. The van der Waals surface area contributed by atoms with Gasteiger partial charge in [-0.05, 0) is 45.6 Å². The number of carbonyl (C=O) groups is 1. The lowest BCUT2D eigenvalue weighted by Crippen LogP contribution is -2.47. The van der Waals surface area contributed by atoms with Gasteiger partial charge < -0.3 is 4.90 Å². The van der Waals surface area contributed by atoms with E-state index in [1.54, 1.807) is 0 Å². The topological polar surface area (TPSA) is 23.6 Å². The van der Waals surface area contributed by atoms with Gasteiger partial charge in [-0.15, -0.1) is 0 Å². The molecule has 2 heterocycles. The fraction of sp³-hybridized carbons (Fsp3) is 0.923. The van der Waals surface area contributed by atoms with Gasteiger partial charge in [-0.2, -0.15) is 0 Å². The molecule has 2 fully saturated rings. The number of hydrogen-bond donors (Lipinski definition) is 0. The van der Waals surface area contributed by atoms with E-state index >= 15 is 0 Å². The molecule has 1 atom stereocenters. The number of piperidine rings is 2. The van der Waals surface area contributed by atoms with E-state index in [2.05, 4.69) is 16.7 Å². The third-order valence-corrected chi connectivity index (χ3v) is 3.99. The van der Waals surface area contributed by atoms with Crippen molar-refractivity contribution < 1.29 is 4.79 Å². The van der Waals surface area contributed by atoms with Gasteiger partial charge in [0.25, 0.3) is 0 Å². The van der Waals surface area contributed by atoms with Gasteiger partial charge in [-0.25, -0.2) is 0 Å². The highest BCUT2D eigenvalue weighted by atomic mass is 16.2. The van der Waals surface area contributed by atoms with Crippen LogP contribution in [0.25, 0.3) is 0 Å². The molecular weight excluding hydrogens is 200 g/mol. The summed E-state index contributed by atoms with van der Waals surface area (Å²) >= 11 is 0. The minimum atomic E-state index is 0.355. The van der Waals surface area contributed by atoms with Crippen LogP contribution in [0.2, 0.25) is 0 Å². The normalized spacial score (nSPS) is 28.1. The number of likely N-dealkylation sites (tertiary alicyclic amines) is 2. The lowest BCUT2D eigenvalue weighted by Gasteiger charge is -2.35. The molecule has 0 aliphatic carbocycles. The molecule has 0 spiro atoms. The molecule has 0 bridgehead atoms. The third kappa shape index (κ3) is 2.97. The van der Waals surface area contributed by atoms with Crippen molar-refractivity contribution in [3.05, 3.63) is 0 Å². The maximum Gasteiger partial charge on any atom is 0.236 e. The minimum absolute atomic E-state index is 0.355. The Morgan fingerprint density at radius 1 is 1.06 bits per heavy atom. The molecule has 2 saturated heterocycles. The Hall–Kier alpha value is -0.570. The van der Waals surface area contributed by atoms with Crippen molar-refractivity contribution in [1.82, 2.24) is 9.80 Å². The van der Waals surface area contributed by atoms with Crippen LogP contribution in [-0.4, -0.2) is 47.9 Å². The average Bonchev–Trinajstić information content (AvgIpc) is 2.33. The highest BCUT2D eigenvalue weighted by molar-refractivity contribution is 5.78. The maximum atomic E-state index is 12.1. The third-order valence-electron chi connectivity index (χ3n) is 3.99. The van der Waals surface area contributed by atoms with Crippen LogP contribution in [0.5, 0.6) is 0 Å². The van der Waals surface area contributed by atoms with Gasteiger partial charge in [0.15, 0.2) is 0 Å². The molecule has 0 radical (unpaired) electrons. The molecule has 3 heteroatoms. The van der Waals surface area contributed by atoms with Crippen LogP contribution in [0, 0.1) is 0 Å². The molecule has 2 rings (SSSR count). The van der Waals surface area contributed by atoms with E-state index in [9.17, 15) is 4.79 Å². The molecule has 92 valence electrons. The predicted molar refractivity (Wildman–Crippen MR) is 65.3 cm³/mol. The second-order valence-electron chi connectivity index (χ2n) is 5.26. The monoisotopic (exact) mass is 224 g/mol. The van der Waals surface area contributed by atoms with E-state index in [1.165, 1.54) is 38.5 Å². The van der Waals surface area contributed by atoms with Crippen LogP contribution in [-0.2, 0) is 4.79 Å². The lowest BCUT2D eigenvalue weighted by atomic mass is 10.0. The maximum absolute atomic E-state index is 12.1. The largest absolute Gasteiger partial charge is 0.342 e. The Morgan fingerprint density at radius 3 is 2.44 bits per heavy atom. The van der Waals surface area contributed by atoms with Gasteiger partial charge in [0.2, 0.25) is 5.91 Å². The summed E-state index contributed by atoms with van der Waals surface area (Å²) in [5, 5.41) is 0. The number of carbonyl (C=O) groups excluding carboxylic acids is 1. The summed E-state index contributed by atoms with van der Waals surface area (Å²) in [4.78, 5) is 16.5. The van der Waals surface area contributed by atoms with Gasteiger partial charge in [-0.3, -0.25) is 9.69 Å². The molecule has 0 aromatic rings.